The molecule has 0 saturated heterocycles. The van der Waals surface area contributed by atoms with Crippen molar-refractivity contribution in [1.82, 2.24) is 0 Å². The van der Waals surface area contributed by atoms with Gasteiger partial charge in [0.1, 0.15) is 12.1 Å². The van der Waals surface area contributed by atoms with Crippen LogP contribution in [0.3, 0.4) is 0 Å². The number of aliphatic hydroxyl groups excluding tert-OH is 1. The summed E-state index contributed by atoms with van der Waals surface area (Å²) in [6.07, 6.45) is 13.2. The fraction of sp³-hybridized carbons (Fsp3) is 0.739. The van der Waals surface area contributed by atoms with Crippen molar-refractivity contribution in [3.05, 3.63) is 34.9 Å². The molecule has 158 valence electrons. The van der Waals surface area contributed by atoms with Crippen LogP contribution >= 0.6 is 11.6 Å². The number of nitrogens with zero attached hydrogens (tertiary/aromatic N) is 1. The highest BCUT2D eigenvalue weighted by Crippen LogP contribution is 2.25. The molecule has 1 aromatic rings. The molecule has 0 aromatic heterocycles. The molecule has 2 unspecified atom stereocenters. The Morgan fingerprint density at radius 1 is 0.852 bits per heavy atom. The van der Waals surface area contributed by atoms with Crippen molar-refractivity contribution in [3.8, 4) is 0 Å². The van der Waals surface area contributed by atoms with Gasteiger partial charge in [-0.05, 0) is 37.5 Å². The summed E-state index contributed by atoms with van der Waals surface area (Å²) in [5.41, 5.74) is 0.955. The average molecular weight is 463 g/mol. The predicted molar refractivity (Wildman–Crippen MR) is 115 cm³/mol. The minimum absolute atomic E-state index is 0. The lowest BCUT2D eigenvalue weighted by atomic mass is 10.0. The molecule has 27 heavy (non-hydrogen) atoms. The van der Waals surface area contributed by atoms with E-state index in [1.165, 1.54) is 64.2 Å². The molecule has 1 N–H and O–H groups in total. The third kappa shape index (κ3) is 10.9. The highest BCUT2D eigenvalue weighted by molar-refractivity contribution is 6.30. The first-order valence-corrected chi connectivity index (χ1v) is 11.0. The third-order valence-electron chi connectivity index (χ3n) is 5.86. The first-order chi connectivity index (χ1) is 12.4. The molecule has 0 aliphatic carbocycles. The number of hydrogen-bond acceptors (Lipinski definition) is 1. The lowest BCUT2D eigenvalue weighted by molar-refractivity contribution is -0.917. The average Bonchev–Trinajstić information content (AvgIpc) is 2.62. The number of halogens is 2. The summed E-state index contributed by atoms with van der Waals surface area (Å²) in [7, 11) is 4.47. The van der Waals surface area contributed by atoms with Gasteiger partial charge in [0, 0.05) is 5.02 Å². The monoisotopic (exact) mass is 461 g/mol. The number of unbranched alkanes of at least 4 members (excludes halogenated alkanes) is 9. The Balaban J connectivity index is 0.00000676. The zero-order valence-corrected chi connectivity index (χ0v) is 20.2. The molecule has 2 atom stereocenters. The van der Waals surface area contributed by atoms with Crippen LogP contribution in [0, 0.1) is 0 Å². The minimum Gasteiger partial charge on any atom is -1.00 e. The predicted octanol–water partition coefficient (Wildman–Crippen LogP) is 3.76. The number of likely N-dealkylation sites (N-methyl/N-ethyl adjacent to an activating group) is 1. The topological polar surface area (TPSA) is 20.2 Å². The van der Waals surface area contributed by atoms with Gasteiger partial charge >= 0.3 is 0 Å². The van der Waals surface area contributed by atoms with Crippen LogP contribution in [0.1, 0.15) is 89.7 Å². The van der Waals surface area contributed by atoms with E-state index in [2.05, 4.69) is 27.9 Å². The number of benzene rings is 1. The van der Waals surface area contributed by atoms with E-state index in [0.29, 0.717) is 5.02 Å². The lowest BCUT2D eigenvalue weighted by Crippen LogP contribution is -3.00. The highest BCUT2D eigenvalue weighted by Gasteiger charge is 2.31. The fourth-order valence-corrected chi connectivity index (χ4v) is 3.66. The Morgan fingerprint density at radius 3 is 1.78 bits per heavy atom. The summed E-state index contributed by atoms with van der Waals surface area (Å²) in [5.74, 6) is 0. The van der Waals surface area contributed by atoms with Gasteiger partial charge in [-0.3, -0.25) is 0 Å². The van der Waals surface area contributed by atoms with Crippen molar-refractivity contribution in [1.29, 1.82) is 0 Å². The largest absolute Gasteiger partial charge is 1.00 e. The van der Waals surface area contributed by atoms with Gasteiger partial charge in [0.2, 0.25) is 0 Å². The zero-order chi connectivity index (χ0) is 19.4. The second kappa shape index (κ2) is 14.8. The fourth-order valence-electron chi connectivity index (χ4n) is 3.53. The van der Waals surface area contributed by atoms with E-state index in [4.69, 9.17) is 11.6 Å². The van der Waals surface area contributed by atoms with E-state index >= 15 is 0 Å². The van der Waals surface area contributed by atoms with E-state index in [-0.39, 0.29) is 23.0 Å². The summed E-state index contributed by atoms with van der Waals surface area (Å²) in [5, 5.41) is 11.4. The van der Waals surface area contributed by atoms with Crippen molar-refractivity contribution in [2.75, 3.05) is 20.6 Å². The molecule has 0 bridgehead atoms. The molecule has 4 heteroatoms. The summed E-state index contributed by atoms with van der Waals surface area (Å²) >= 11 is 5.95. The van der Waals surface area contributed by atoms with E-state index in [1.54, 1.807) is 0 Å². The van der Waals surface area contributed by atoms with Gasteiger partial charge in [-0.25, -0.2) is 0 Å². The van der Waals surface area contributed by atoms with Gasteiger partial charge in [-0.15, -0.1) is 0 Å². The molecule has 0 radical (unpaired) electrons. The SMILES string of the molecule is CCCCCCCCCCCC[N+](C)(C)C(C)C(O)c1ccc(Cl)cc1.[Br-]. The molecule has 0 fully saturated rings. The van der Waals surface area contributed by atoms with Crippen molar-refractivity contribution >= 4 is 11.6 Å². The summed E-state index contributed by atoms with van der Waals surface area (Å²) in [4.78, 5) is 0. The van der Waals surface area contributed by atoms with E-state index < -0.39 is 6.10 Å². The van der Waals surface area contributed by atoms with Gasteiger partial charge in [0.15, 0.2) is 0 Å². The van der Waals surface area contributed by atoms with E-state index in [1.807, 2.05) is 24.3 Å². The molecule has 1 rings (SSSR count). The van der Waals surface area contributed by atoms with E-state index in [0.717, 1.165) is 16.6 Å². The molecule has 0 amide bonds. The van der Waals surface area contributed by atoms with Crippen LogP contribution in [-0.4, -0.2) is 36.3 Å². The second-order valence-electron chi connectivity index (χ2n) is 8.42. The molecular weight excluding hydrogens is 422 g/mol. The van der Waals surface area contributed by atoms with Crippen LogP contribution in [0.25, 0.3) is 0 Å². The molecule has 1 aromatic carbocycles. The Bertz CT molecular complexity index is 478. The van der Waals surface area contributed by atoms with Gasteiger partial charge in [-0.2, -0.15) is 0 Å². The highest BCUT2D eigenvalue weighted by atomic mass is 79.9. The number of rotatable bonds is 14. The molecule has 0 spiro atoms. The Hall–Kier alpha value is -0.0900. The number of hydrogen-bond donors (Lipinski definition) is 1. The molecule has 0 aliphatic heterocycles. The van der Waals surface area contributed by atoms with Gasteiger partial charge in [0.25, 0.3) is 0 Å². The summed E-state index contributed by atoms with van der Waals surface area (Å²) in [6, 6.07) is 7.74. The van der Waals surface area contributed by atoms with Crippen molar-refractivity contribution in [2.24, 2.45) is 0 Å². The summed E-state index contributed by atoms with van der Waals surface area (Å²) < 4.78 is 0.848. The van der Waals surface area contributed by atoms with Crippen LogP contribution in [0.15, 0.2) is 24.3 Å². The normalized spacial score (nSPS) is 13.9. The molecule has 0 aliphatic rings. The van der Waals surface area contributed by atoms with Crippen LogP contribution in [0.2, 0.25) is 5.02 Å². The minimum atomic E-state index is -0.453. The van der Waals surface area contributed by atoms with Crippen LogP contribution in [-0.2, 0) is 0 Å². The van der Waals surface area contributed by atoms with Gasteiger partial charge in [-0.1, -0.05) is 82.0 Å². The quantitative estimate of drug-likeness (QED) is 0.330. The maximum atomic E-state index is 10.7. The third-order valence-corrected chi connectivity index (χ3v) is 6.11. The van der Waals surface area contributed by atoms with Crippen LogP contribution < -0.4 is 17.0 Å². The van der Waals surface area contributed by atoms with Gasteiger partial charge < -0.3 is 26.6 Å². The van der Waals surface area contributed by atoms with Gasteiger partial charge in [0.05, 0.1) is 20.6 Å². The van der Waals surface area contributed by atoms with Crippen molar-refractivity contribution in [2.45, 2.75) is 90.2 Å². The first kappa shape index (κ1) is 26.9. The van der Waals surface area contributed by atoms with Crippen LogP contribution in [0.4, 0.5) is 0 Å². The Morgan fingerprint density at radius 2 is 1.30 bits per heavy atom. The molecule has 2 nitrogen and oxygen atoms in total. The van der Waals surface area contributed by atoms with Crippen molar-refractivity contribution in [3.63, 3.8) is 0 Å². The standard InChI is InChI=1S/C23H41ClNO.BrH/c1-5-6-7-8-9-10-11-12-13-14-19-25(3,4)20(2)23(26)21-15-17-22(24)18-16-21;/h15-18,20,23,26H,5-14,19H2,1-4H3;1H/q+1;/p-1. The lowest BCUT2D eigenvalue weighted by Gasteiger charge is -2.38. The molecule has 0 saturated carbocycles. The summed E-state index contributed by atoms with van der Waals surface area (Å²) in [6.45, 7) is 5.53. The van der Waals surface area contributed by atoms with Crippen molar-refractivity contribution < 1.29 is 26.6 Å². The zero-order valence-electron chi connectivity index (χ0n) is 17.9. The second-order valence-corrected chi connectivity index (χ2v) is 8.86. The first-order valence-electron chi connectivity index (χ1n) is 10.6. The van der Waals surface area contributed by atoms with E-state index in [9.17, 15) is 5.11 Å². The smallest absolute Gasteiger partial charge is 0.130 e. The molecule has 0 heterocycles. The number of aliphatic hydroxyl groups is 1. The Labute approximate surface area is 183 Å². The van der Waals surface area contributed by atoms with Crippen LogP contribution in [0.5, 0.6) is 0 Å². The maximum absolute atomic E-state index is 10.7. The maximum Gasteiger partial charge on any atom is 0.130 e. The Kier molecular flexibility index (Phi) is 14.8. The number of quaternary nitrogens is 1. The molecular formula is C23H41BrClNO.